The van der Waals surface area contributed by atoms with Gasteiger partial charge in [-0.3, -0.25) is 14.6 Å². The Balaban J connectivity index is 1.65. The van der Waals surface area contributed by atoms with E-state index in [1.54, 1.807) is 31.6 Å². The summed E-state index contributed by atoms with van der Waals surface area (Å²) < 4.78 is 1.34. The van der Waals surface area contributed by atoms with Crippen LogP contribution in [0.1, 0.15) is 12.5 Å². The fourth-order valence-electron chi connectivity index (χ4n) is 3.70. The number of hydrogen-bond donors (Lipinski definition) is 2. The van der Waals surface area contributed by atoms with Gasteiger partial charge in [-0.05, 0) is 13.0 Å². The van der Waals surface area contributed by atoms with Crippen LogP contribution in [0.4, 0.5) is 10.7 Å². The van der Waals surface area contributed by atoms with Crippen molar-refractivity contribution in [2.75, 3.05) is 24.5 Å². The lowest BCUT2D eigenvalue weighted by Gasteiger charge is -2.38. The fourth-order valence-corrected chi connectivity index (χ4v) is 3.70. The normalized spacial score (nSPS) is 16.8. The van der Waals surface area contributed by atoms with E-state index < -0.39 is 6.09 Å². The van der Waals surface area contributed by atoms with Crippen molar-refractivity contribution in [3.8, 4) is 17.2 Å². The molecule has 1 amide bonds. The molecule has 1 aliphatic heterocycles. The Bertz CT molecular complexity index is 1190. The van der Waals surface area contributed by atoms with Gasteiger partial charge in [-0.25, -0.2) is 14.8 Å². The van der Waals surface area contributed by atoms with E-state index in [-0.39, 0.29) is 11.6 Å². The van der Waals surface area contributed by atoms with Crippen molar-refractivity contribution >= 4 is 22.9 Å². The van der Waals surface area contributed by atoms with Gasteiger partial charge in [-0.1, -0.05) is 6.07 Å². The molecular formula is C19H19N7O3. The van der Waals surface area contributed by atoms with E-state index >= 15 is 0 Å². The predicted molar refractivity (Wildman–Crippen MR) is 106 cm³/mol. The van der Waals surface area contributed by atoms with Crippen LogP contribution >= 0.6 is 0 Å². The first-order valence-corrected chi connectivity index (χ1v) is 9.09. The zero-order chi connectivity index (χ0) is 20.7. The van der Waals surface area contributed by atoms with Crippen LogP contribution in [0.2, 0.25) is 0 Å². The molecule has 2 aromatic heterocycles. The maximum absolute atomic E-state index is 12.1. The lowest BCUT2D eigenvalue weighted by Crippen LogP contribution is -2.54. The fraction of sp³-hybridized carbons (Fsp3) is 0.316. The highest BCUT2D eigenvalue weighted by Gasteiger charge is 2.28. The Hall–Kier alpha value is -3.87. The summed E-state index contributed by atoms with van der Waals surface area (Å²) in [6.45, 7) is 3.25. The van der Waals surface area contributed by atoms with Crippen molar-refractivity contribution in [1.82, 2.24) is 24.6 Å². The number of aromatic nitrogens is 4. The minimum Gasteiger partial charge on any atom is -0.465 e. The summed E-state index contributed by atoms with van der Waals surface area (Å²) in [6, 6.07) is 5.42. The number of anilines is 1. The molecule has 1 aromatic carbocycles. The van der Waals surface area contributed by atoms with Gasteiger partial charge in [0.1, 0.15) is 6.07 Å². The topological polar surface area (TPSA) is 131 Å². The molecule has 1 fully saturated rings. The van der Waals surface area contributed by atoms with Gasteiger partial charge < -0.3 is 14.9 Å². The van der Waals surface area contributed by atoms with E-state index in [0.29, 0.717) is 53.2 Å². The van der Waals surface area contributed by atoms with Crippen LogP contribution in [0.3, 0.4) is 0 Å². The maximum atomic E-state index is 12.1. The standard InChI is InChI=1S/C19H19N7O3/c1-11-10-25(5-6-26(11)19(28)29)18-21-8-12(9-22-18)13-3-4-14-16(15(13)7-20)23-24(2)17(14)27/h3-4,8-9,11,23H,5-6,10H2,1-2H3,(H,28,29). The number of carbonyl (C=O) groups is 1. The molecule has 3 aromatic rings. The molecule has 2 N–H and O–H groups in total. The first-order chi connectivity index (χ1) is 13.9. The summed E-state index contributed by atoms with van der Waals surface area (Å²) >= 11 is 0. The van der Waals surface area contributed by atoms with E-state index in [2.05, 4.69) is 21.1 Å². The minimum absolute atomic E-state index is 0.160. The van der Waals surface area contributed by atoms with Crippen LogP contribution < -0.4 is 10.5 Å². The van der Waals surface area contributed by atoms with Gasteiger partial charge in [0.2, 0.25) is 5.95 Å². The number of piperazine rings is 1. The van der Waals surface area contributed by atoms with Crippen LogP contribution in [0.15, 0.2) is 29.3 Å². The smallest absolute Gasteiger partial charge is 0.407 e. The second kappa shape index (κ2) is 6.94. The molecule has 1 saturated heterocycles. The molecule has 29 heavy (non-hydrogen) atoms. The minimum atomic E-state index is -0.924. The lowest BCUT2D eigenvalue weighted by atomic mass is 10.0. The molecule has 0 spiro atoms. The van der Waals surface area contributed by atoms with E-state index in [1.807, 2.05) is 11.8 Å². The van der Waals surface area contributed by atoms with E-state index in [4.69, 9.17) is 0 Å². The highest BCUT2D eigenvalue weighted by molar-refractivity contribution is 5.91. The number of hydrogen-bond acceptors (Lipinski definition) is 6. The maximum Gasteiger partial charge on any atom is 0.407 e. The SMILES string of the molecule is CC1CN(c2ncc(-c3ccc4c(=O)n(C)[nH]c4c3C#N)cn2)CCN1C(=O)O. The first-order valence-electron chi connectivity index (χ1n) is 9.09. The van der Waals surface area contributed by atoms with Gasteiger partial charge >= 0.3 is 6.09 Å². The van der Waals surface area contributed by atoms with Gasteiger partial charge in [0.05, 0.1) is 16.5 Å². The van der Waals surface area contributed by atoms with Crippen molar-refractivity contribution < 1.29 is 9.90 Å². The van der Waals surface area contributed by atoms with E-state index in [0.717, 1.165) is 0 Å². The lowest BCUT2D eigenvalue weighted by molar-refractivity contribution is 0.122. The third kappa shape index (κ3) is 3.06. The summed E-state index contributed by atoms with van der Waals surface area (Å²) in [5.41, 5.74) is 1.95. The molecule has 1 unspecified atom stereocenters. The van der Waals surface area contributed by atoms with Crippen molar-refractivity contribution in [3.05, 3.63) is 40.4 Å². The summed E-state index contributed by atoms with van der Waals surface area (Å²) in [5.74, 6) is 0.512. The molecule has 148 valence electrons. The average molecular weight is 393 g/mol. The molecule has 1 aliphatic rings. The third-order valence-electron chi connectivity index (χ3n) is 5.24. The van der Waals surface area contributed by atoms with Crippen LogP contribution in [0.25, 0.3) is 22.0 Å². The van der Waals surface area contributed by atoms with Crippen molar-refractivity contribution in [1.29, 1.82) is 5.26 Å². The number of nitrogens with zero attached hydrogens (tertiary/aromatic N) is 6. The molecule has 0 saturated carbocycles. The largest absolute Gasteiger partial charge is 0.465 e. The highest BCUT2D eigenvalue weighted by Crippen LogP contribution is 2.28. The number of H-pyrrole nitrogens is 1. The quantitative estimate of drug-likeness (QED) is 0.672. The van der Waals surface area contributed by atoms with Gasteiger partial charge in [0, 0.05) is 56.2 Å². The van der Waals surface area contributed by atoms with Crippen LogP contribution in [-0.4, -0.2) is 61.5 Å². The van der Waals surface area contributed by atoms with Gasteiger partial charge in [0.25, 0.3) is 5.56 Å². The molecule has 10 nitrogen and oxygen atoms in total. The number of fused-ring (bicyclic) bond motifs is 1. The average Bonchev–Trinajstić information content (AvgIpc) is 3.01. The number of amides is 1. The summed E-state index contributed by atoms with van der Waals surface area (Å²) in [4.78, 5) is 35.5. The zero-order valence-corrected chi connectivity index (χ0v) is 16.0. The molecule has 0 radical (unpaired) electrons. The summed E-state index contributed by atoms with van der Waals surface area (Å²) in [5, 5.41) is 22.2. The van der Waals surface area contributed by atoms with E-state index in [1.165, 1.54) is 9.58 Å². The van der Waals surface area contributed by atoms with Crippen LogP contribution in [0.5, 0.6) is 0 Å². The number of aryl methyl sites for hydroxylation is 1. The highest BCUT2D eigenvalue weighted by atomic mass is 16.4. The monoisotopic (exact) mass is 393 g/mol. The van der Waals surface area contributed by atoms with Crippen LogP contribution in [0, 0.1) is 11.3 Å². The summed E-state index contributed by atoms with van der Waals surface area (Å²) in [6.07, 6.45) is 2.35. The number of nitriles is 1. The Morgan fingerprint density at radius 2 is 2.03 bits per heavy atom. The second-order valence-corrected chi connectivity index (χ2v) is 7.04. The van der Waals surface area contributed by atoms with Gasteiger partial charge in [-0.2, -0.15) is 5.26 Å². The Morgan fingerprint density at radius 1 is 1.31 bits per heavy atom. The number of carboxylic acid groups (broad SMARTS) is 1. The number of nitrogens with one attached hydrogen (secondary N) is 1. The number of aromatic amines is 1. The molecule has 4 rings (SSSR count). The Labute approximate surface area is 165 Å². The predicted octanol–water partition coefficient (Wildman–Crippen LogP) is 1.38. The second-order valence-electron chi connectivity index (χ2n) is 7.04. The van der Waals surface area contributed by atoms with E-state index in [9.17, 15) is 20.0 Å². The van der Waals surface area contributed by atoms with Gasteiger partial charge in [-0.15, -0.1) is 0 Å². The summed E-state index contributed by atoms with van der Waals surface area (Å²) in [7, 11) is 1.60. The molecule has 0 bridgehead atoms. The molecule has 10 heteroatoms. The molecule has 1 atom stereocenters. The molecular weight excluding hydrogens is 374 g/mol. The van der Waals surface area contributed by atoms with Crippen molar-refractivity contribution in [2.24, 2.45) is 7.05 Å². The Morgan fingerprint density at radius 3 is 2.66 bits per heavy atom. The molecule has 0 aliphatic carbocycles. The van der Waals surface area contributed by atoms with Gasteiger partial charge in [0.15, 0.2) is 0 Å². The van der Waals surface area contributed by atoms with Crippen LogP contribution in [-0.2, 0) is 7.05 Å². The van der Waals surface area contributed by atoms with Crippen molar-refractivity contribution in [2.45, 2.75) is 13.0 Å². The molecule has 3 heterocycles. The number of benzene rings is 1. The first kappa shape index (κ1) is 18.5. The Kier molecular flexibility index (Phi) is 4.43. The zero-order valence-electron chi connectivity index (χ0n) is 16.0. The number of rotatable bonds is 2. The third-order valence-corrected chi connectivity index (χ3v) is 5.24. The van der Waals surface area contributed by atoms with Crippen molar-refractivity contribution in [3.63, 3.8) is 0 Å².